The van der Waals surface area contributed by atoms with E-state index in [1.54, 1.807) is 30.3 Å². The molecule has 2 amide bonds. The normalized spacial score (nSPS) is 12.9. The van der Waals surface area contributed by atoms with E-state index in [9.17, 15) is 24.8 Å². The third-order valence-corrected chi connectivity index (χ3v) is 4.42. The number of nitro benzene ring substituents is 1. The maximum absolute atomic E-state index is 12.6. The number of carbonyl (C=O) groups is 2. The number of nitrogens with one attached hydrogen (secondary N) is 2. The zero-order chi connectivity index (χ0) is 21.4. The van der Waals surface area contributed by atoms with Crippen molar-refractivity contribution >= 4 is 23.7 Å². The molecule has 152 valence electrons. The number of hydrogen-bond acceptors (Lipinski definition) is 6. The highest BCUT2D eigenvalue weighted by Crippen LogP contribution is 2.21. The largest absolute Gasteiger partial charge is 0.507 e. The second kappa shape index (κ2) is 9.98. The molecule has 0 aliphatic rings. The van der Waals surface area contributed by atoms with E-state index in [1.165, 1.54) is 6.07 Å². The zero-order valence-electron chi connectivity index (χ0n) is 16.0. The molecule has 0 radical (unpaired) electrons. The van der Waals surface area contributed by atoms with Crippen molar-refractivity contribution in [2.45, 2.75) is 26.3 Å². The SMILES string of the molecule is CC[C@@H](C)[C@H](NC(=O)c1ccccc1)C(=O)N/N=C\c1cc([N+](=O)[O-])ccc1O. The molecule has 0 heterocycles. The van der Waals surface area contributed by atoms with Crippen LogP contribution in [0.25, 0.3) is 0 Å². The number of hydrazone groups is 1. The Bertz CT molecular complexity index is 914. The molecule has 0 unspecified atom stereocenters. The molecule has 9 nitrogen and oxygen atoms in total. The average Bonchev–Trinajstić information content (AvgIpc) is 2.72. The number of amides is 2. The van der Waals surface area contributed by atoms with Crippen LogP contribution < -0.4 is 10.7 Å². The van der Waals surface area contributed by atoms with Gasteiger partial charge in [-0.3, -0.25) is 19.7 Å². The number of benzene rings is 2. The summed E-state index contributed by atoms with van der Waals surface area (Å²) in [4.78, 5) is 35.2. The van der Waals surface area contributed by atoms with Gasteiger partial charge in [0.1, 0.15) is 11.8 Å². The number of nitrogens with zero attached hydrogens (tertiary/aromatic N) is 2. The Hall–Kier alpha value is -3.75. The summed E-state index contributed by atoms with van der Waals surface area (Å²) < 4.78 is 0. The molecule has 0 aromatic heterocycles. The molecule has 0 spiro atoms. The van der Waals surface area contributed by atoms with Crippen LogP contribution in [0.3, 0.4) is 0 Å². The van der Waals surface area contributed by atoms with Crippen LogP contribution in [0.4, 0.5) is 5.69 Å². The van der Waals surface area contributed by atoms with E-state index < -0.39 is 16.9 Å². The number of non-ortho nitro benzene ring substituents is 1. The fraction of sp³-hybridized carbons (Fsp3) is 0.250. The lowest BCUT2D eigenvalue weighted by Gasteiger charge is -2.22. The van der Waals surface area contributed by atoms with Crippen LogP contribution in [0.5, 0.6) is 5.75 Å². The van der Waals surface area contributed by atoms with Crippen molar-refractivity contribution in [3.8, 4) is 5.75 Å². The first-order chi connectivity index (χ1) is 13.8. The van der Waals surface area contributed by atoms with E-state index in [2.05, 4.69) is 15.8 Å². The number of phenolic OH excluding ortho intramolecular Hbond substituents is 1. The molecular weight excluding hydrogens is 376 g/mol. The van der Waals surface area contributed by atoms with Crippen molar-refractivity contribution in [1.82, 2.24) is 10.7 Å². The standard InChI is InChI=1S/C20H22N4O5/c1-3-13(2)18(22-19(26)14-7-5-4-6-8-14)20(27)23-21-12-15-11-16(24(28)29)9-10-17(15)25/h4-13,18,25H,3H2,1-2H3,(H,22,26)(H,23,27)/b21-12-/t13-,18+/m1/s1. The number of rotatable bonds is 8. The summed E-state index contributed by atoms with van der Waals surface area (Å²) in [5, 5.41) is 27.1. The summed E-state index contributed by atoms with van der Waals surface area (Å²) in [6.07, 6.45) is 1.75. The molecule has 0 saturated carbocycles. The third-order valence-electron chi connectivity index (χ3n) is 4.42. The molecule has 3 N–H and O–H groups in total. The quantitative estimate of drug-likeness (QED) is 0.357. The Balaban J connectivity index is 2.10. The minimum absolute atomic E-state index is 0.0768. The van der Waals surface area contributed by atoms with E-state index >= 15 is 0 Å². The van der Waals surface area contributed by atoms with E-state index in [0.717, 1.165) is 18.3 Å². The summed E-state index contributed by atoms with van der Waals surface area (Å²) in [5.74, 6) is -1.30. The maximum atomic E-state index is 12.6. The lowest BCUT2D eigenvalue weighted by atomic mass is 9.98. The minimum atomic E-state index is -0.830. The number of carbonyl (C=O) groups excluding carboxylic acids is 2. The van der Waals surface area contributed by atoms with Gasteiger partial charge >= 0.3 is 0 Å². The Morgan fingerprint density at radius 3 is 2.55 bits per heavy atom. The van der Waals surface area contributed by atoms with Crippen LogP contribution in [0, 0.1) is 16.0 Å². The number of aromatic hydroxyl groups is 1. The van der Waals surface area contributed by atoms with Crippen molar-refractivity contribution in [1.29, 1.82) is 0 Å². The highest BCUT2D eigenvalue weighted by molar-refractivity contribution is 5.97. The zero-order valence-corrected chi connectivity index (χ0v) is 16.0. The second-order valence-corrected chi connectivity index (χ2v) is 6.44. The van der Waals surface area contributed by atoms with Crippen LogP contribution in [-0.4, -0.2) is 34.1 Å². The van der Waals surface area contributed by atoms with Gasteiger partial charge in [-0.05, 0) is 24.1 Å². The molecule has 0 fully saturated rings. The van der Waals surface area contributed by atoms with E-state index in [0.29, 0.717) is 12.0 Å². The van der Waals surface area contributed by atoms with Gasteiger partial charge in [-0.25, -0.2) is 5.43 Å². The van der Waals surface area contributed by atoms with Gasteiger partial charge in [0.15, 0.2) is 0 Å². The lowest BCUT2D eigenvalue weighted by molar-refractivity contribution is -0.384. The first-order valence-electron chi connectivity index (χ1n) is 8.99. The molecule has 0 aliphatic heterocycles. The summed E-state index contributed by atoms with van der Waals surface area (Å²) in [6, 6.07) is 11.2. The molecule has 2 atom stereocenters. The molecule has 2 aromatic rings. The molecule has 0 bridgehead atoms. The highest BCUT2D eigenvalue weighted by atomic mass is 16.6. The Morgan fingerprint density at radius 2 is 1.93 bits per heavy atom. The number of phenols is 1. The Kier molecular flexibility index (Phi) is 7.41. The van der Waals surface area contributed by atoms with Gasteiger partial charge < -0.3 is 10.4 Å². The molecule has 0 saturated heterocycles. The third kappa shape index (κ3) is 5.86. The van der Waals surface area contributed by atoms with Crippen molar-refractivity contribution in [3.63, 3.8) is 0 Å². The van der Waals surface area contributed by atoms with Crippen LogP contribution in [-0.2, 0) is 4.79 Å². The molecule has 9 heteroatoms. The van der Waals surface area contributed by atoms with Crippen LogP contribution in [0.1, 0.15) is 36.2 Å². The smallest absolute Gasteiger partial charge is 0.270 e. The predicted molar refractivity (Wildman–Crippen MR) is 108 cm³/mol. The van der Waals surface area contributed by atoms with Gasteiger partial charge in [-0.2, -0.15) is 5.10 Å². The van der Waals surface area contributed by atoms with Crippen molar-refractivity contribution in [3.05, 3.63) is 69.8 Å². The molecular formula is C20H22N4O5. The van der Waals surface area contributed by atoms with Gasteiger partial charge in [0.25, 0.3) is 17.5 Å². The molecule has 0 aliphatic carbocycles. The second-order valence-electron chi connectivity index (χ2n) is 6.44. The summed E-state index contributed by atoms with van der Waals surface area (Å²) in [7, 11) is 0. The first-order valence-corrected chi connectivity index (χ1v) is 8.99. The summed E-state index contributed by atoms with van der Waals surface area (Å²) in [5.41, 5.74) is 2.60. The maximum Gasteiger partial charge on any atom is 0.270 e. The molecule has 2 aromatic carbocycles. The van der Waals surface area contributed by atoms with Crippen molar-refractivity contribution < 1.29 is 19.6 Å². The molecule has 2 rings (SSSR count). The Labute approximate surface area is 167 Å². The predicted octanol–water partition coefficient (Wildman–Crippen LogP) is 2.60. The first kappa shape index (κ1) is 21.5. The lowest BCUT2D eigenvalue weighted by Crippen LogP contribution is -2.49. The van der Waals surface area contributed by atoms with Gasteiger partial charge in [0, 0.05) is 23.3 Å². The fourth-order valence-corrected chi connectivity index (χ4v) is 2.51. The van der Waals surface area contributed by atoms with E-state index in [1.807, 2.05) is 13.8 Å². The van der Waals surface area contributed by atoms with Crippen molar-refractivity contribution in [2.75, 3.05) is 0 Å². The van der Waals surface area contributed by atoms with Crippen molar-refractivity contribution in [2.24, 2.45) is 11.0 Å². The number of hydrogen-bond donors (Lipinski definition) is 3. The average molecular weight is 398 g/mol. The molecule has 29 heavy (non-hydrogen) atoms. The van der Waals surface area contributed by atoms with Crippen LogP contribution in [0.2, 0.25) is 0 Å². The van der Waals surface area contributed by atoms with Gasteiger partial charge in [0.05, 0.1) is 11.1 Å². The van der Waals surface area contributed by atoms with Gasteiger partial charge in [0.2, 0.25) is 0 Å². The van der Waals surface area contributed by atoms with Gasteiger partial charge in [-0.1, -0.05) is 38.5 Å². The summed E-state index contributed by atoms with van der Waals surface area (Å²) >= 11 is 0. The monoisotopic (exact) mass is 398 g/mol. The Morgan fingerprint density at radius 1 is 1.24 bits per heavy atom. The van der Waals surface area contributed by atoms with Gasteiger partial charge in [-0.15, -0.1) is 0 Å². The van der Waals surface area contributed by atoms with Crippen LogP contribution in [0.15, 0.2) is 53.6 Å². The highest BCUT2D eigenvalue weighted by Gasteiger charge is 2.26. The number of nitro groups is 1. The fourth-order valence-electron chi connectivity index (χ4n) is 2.51. The van der Waals surface area contributed by atoms with E-state index in [-0.39, 0.29) is 28.8 Å². The topological polar surface area (TPSA) is 134 Å². The van der Waals surface area contributed by atoms with Crippen LogP contribution >= 0.6 is 0 Å². The minimum Gasteiger partial charge on any atom is -0.507 e. The van der Waals surface area contributed by atoms with E-state index in [4.69, 9.17) is 0 Å². The summed E-state index contributed by atoms with van der Waals surface area (Å²) in [6.45, 7) is 3.72.